The molecule has 0 aromatic carbocycles. The average molecular weight is 240 g/mol. The largest absolute Gasteiger partial charge is 0.382 e. The first-order valence-corrected chi connectivity index (χ1v) is 5.77. The molecule has 0 aliphatic carbocycles. The molecule has 0 bridgehead atoms. The van der Waals surface area contributed by atoms with Gasteiger partial charge in [-0.25, -0.2) is 0 Å². The first-order chi connectivity index (χ1) is 7.83. The molecule has 0 saturated carbocycles. The highest BCUT2D eigenvalue weighted by molar-refractivity contribution is 5.15. The van der Waals surface area contributed by atoms with E-state index in [0.29, 0.717) is 19.0 Å². The smallest absolute Gasteiger partial charge is 0.167 e. The quantitative estimate of drug-likeness (QED) is 0.842. The zero-order valence-electron chi connectivity index (χ0n) is 10.9. The van der Waals surface area contributed by atoms with Gasteiger partial charge in [0.1, 0.15) is 5.60 Å². The maximum atomic E-state index is 9.81. The molecule has 0 radical (unpaired) electrons. The lowest BCUT2D eigenvalue weighted by atomic mass is 9.89. The van der Waals surface area contributed by atoms with E-state index in [0.717, 1.165) is 12.1 Å². The van der Waals surface area contributed by atoms with Crippen molar-refractivity contribution in [3.63, 3.8) is 0 Å². The third-order valence-corrected chi connectivity index (χ3v) is 3.36. The van der Waals surface area contributed by atoms with Crippen molar-refractivity contribution in [2.75, 3.05) is 27.3 Å². The molecule has 5 nitrogen and oxygen atoms in total. The van der Waals surface area contributed by atoms with Crippen LogP contribution in [0.1, 0.15) is 25.3 Å². The molecule has 17 heavy (non-hydrogen) atoms. The highest BCUT2D eigenvalue weighted by Gasteiger charge is 2.41. The lowest BCUT2D eigenvalue weighted by Gasteiger charge is -2.46. The molecule has 2 heterocycles. The lowest BCUT2D eigenvalue weighted by Crippen LogP contribution is -2.61. The molecule has 1 fully saturated rings. The number of hydrogen-bond acceptors (Lipinski definition) is 5. The molecule has 1 aliphatic heterocycles. The van der Waals surface area contributed by atoms with Gasteiger partial charge in [0.15, 0.2) is 5.76 Å². The van der Waals surface area contributed by atoms with Gasteiger partial charge in [-0.2, -0.15) is 0 Å². The van der Waals surface area contributed by atoms with Gasteiger partial charge in [-0.1, -0.05) is 5.16 Å². The Bertz CT molecular complexity index is 389. The Hall–Kier alpha value is -0.910. The van der Waals surface area contributed by atoms with Crippen LogP contribution in [0.15, 0.2) is 10.6 Å². The van der Waals surface area contributed by atoms with Crippen molar-refractivity contribution in [2.45, 2.75) is 31.4 Å². The number of nitrogens with zero attached hydrogens (tertiary/aromatic N) is 2. The van der Waals surface area contributed by atoms with E-state index < -0.39 is 5.60 Å². The van der Waals surface area contributed by atoms with Crippen LogP contribution in [0.5, 0.6) is 0 Å². The van der Waals surface area contributed by atoms with Crippen LogP contribution in [0, 0.1) is 0 Å². The van der Waals surface area contributed by atoms with Crippen LogP contribution in [0.4, 0.5) is 0 Å². The minimum absolute atomic E-state index is 0.0216. The van der Waals surface area contributed by atoms with Crippen molar-refractivity contribution in [3.8, 4) is 0 Å². The van der Waals surface area contributed by atoms with Crippen molar-refractivity contribution in [3.05, 3.63) is 17.5 Å². The summed E-state index contributed by atoms with van der Waals surface area (Å²) in [6.07, 6.45) is 0.777. The zero-order valence-corrected chi connectivity index (χ0v) is 10.9. The van der Waals surface area contributed by atoms with Crippen LogP contribution >= 0.6 is 0 Å². The molecule has 0 amide bonds. The normalized spacial score (nSPS) is 19.4. The maximum absolute atomic E-state index is 9.81. The molecular weight excluding hydrogens is 220 g/mol. The van der Waals surface area contributed by atoms with Crippen LogP contribution in [-0.2, 0) is 16.8 Å². The highest BCUT2D eigenvalue weighted by Crippen LogP contribution is 2.28. The SMILES string of the molecule is CN(C)C1(Cc2cc(C(C)(C)O)on2)COC1. The molecule has 1 saturated heterocycles. The van der Waals surface area contributed by atoms with E-state index in [9.17, 15) is 5.11 Å². The van der Waals surface area contributed by atoms with Gasteiger partial charge in [-0.05, 0) is 27.9 Å². The van der Waals surface area contributed by atoms with Crippen molar-refractivity contribution in [1.29, 1.82) is 0 Å². The number of likely N-dealkylation sites (N-methyl/N-ethyl adjacent to an activating group) is 1. The molecular formula is C12H20N2O3. The minimum atomic E-state index is -0.980. The Morgan fingerprint density at radius 2 is 2.12 bits per heavy atom. The van der Waals surface area contributed by atoms with Crippen LogP contribution < -0.4 is 0 Å². The monoisotopic (exact) mass is 240 g/mol. The summed E-state index contributed by atoms with van der Waals surface area (Å²) in [5.41, 5.74) is -0.0977. The molecule has 1 N–H and O–H groups in total. The van der Waals surface area contributed by atoms with Gasteiger partial charge in [0.05, 0.1) is 24.4 Å². The van der Waals surface area contributed by atoms with Crippen molar-refractivity contribution in [1.82, 2.24) is 10.1 Å². The zero-order chi connectivity index (χ0) is 12.7. The van der Waals surface area contributed by atoms with Crippen molar-refractivity contribution >= 4 is 0 Å². The van der Waals surface area contributed by atoms with E-state index in [2.05, 4.69) is 10.1 Å². The fourth-order valence-electron chi connectivity index (χ4n) is 1.88. The predicted molar refractivity (Wildman–Crippen MR) is 62.7 cm³/mol. The number of rotatable bonds is 4. The topological polar surface area (TPSA) is 58.7 Å². The molecule has 96 valence electrons. The van der Waals surface area contributed by atoms with E-state index in [-0.39, 0.29) is 5.54 Å². The van der Waals surface area contributed by atoms with Crippen LogP contribution in [0.25, 0.3) is 0 Å². The summed E-state index contributed by atoms with van der Waals surface area (Å²) in [6, 6.07) is 1.82. The van der Waals surface area contributed by atoms with Gasteiger partial charge in [-0.3, -0.25) is 4.90 Å². The second kappa shape index (κ2) is 4.08. The second-order valence-electron chi connectivity index (χ2n) is 5.53. The summed E-state index contributed by atoms with van der Waals surface area (Å²) in [4.78, 5) is 2.16. The summed E-state index contributed by atoms with van der Waals surface area (Å²) in [5, 5.41) is 13.8. The molecule has 1 aromatic rings. The Morgan fingerprint density at radius 3 is 2.47 bits per heavy atom. The Kier molecular flexibility index (Phi) is 3.01. The van der Waals surface area contributed by atoms with Crippen LogP contribution in [0.2, 0.25) is 0 Å². The highest BCUT2D eigenvalue weighted by atomic mass is 16.5. The van der Waals surface area contributed by atoms with E-state index in [1.165, 1.54) is 0 Å². The number of hydrogen-bond donors (Lipinski definition) is 1. The van der Waals surface area contributed by atoms with Crippen molar-refractivity contribution < 1.29 is 14.4 Å². The van der Waals surface area contributed by atoms with Gasteiger partial charge in [0.2, 0.25) is 0 Å². The minimum Gasteiger partial charge on any atom is -0.382 e. The molecule has 1 aromatic heterocycles. The molecule has 5 heteroatoms. The maximum Gasteiger partial charge on any atom is 0.167 e. The Morgan fingerprint density at radius 1 is 1.47 bits per heavy atom. The first kappa shape index (κ1) is 12.5. The second-order valence-corrected chi connectivity index (χ2v) is 5.53. The summed E-state index contributed by atoms with van der Waals surface area (Å²) in [7, 11) is 4.08. The Balaban J connectivity index is 2.11. The standard InChI is InChI=1S/C12H20N2O3/c1-11(2,15)10-5-9(13-17-10)6-12(14(3)4)7-16-8-12/h5,15H,6-8H2,1-4H3. The fourth-order valence-corrected chi connectivity index (χ4v) is 1.88. The number of aromatic nitrogens is 1. The van der Waals surface area contributed by atoms with E-state index in [1.54, 1.807) is 13.8 Å². The first-order valence-electron chi connectivity index (χ1n) is 5.77. The average Bonchev–Trinajstić information content (AvgIpc) is 2.57. The number of aliphatic hydroxyl groups is 1. The summed E-state index contributed by atoms with van der Waals surface area (Å²) in [6.45, 7) is 4.80. The molecule has 0 atom stereocenters. The predicted octanol–water partition coefficient (Wildman–Crippen LogP) is 0.775. The van der Waals surface area contributed by atoms with E-state index in [4.69, 9.17) is 9.26 Å². The molecule has 0 spiro atoms. The molecule has 1 aliphatic rings. The van der Waals surface area contributed by atoms with E-state index >= 15 is 0 Å². The van der Waals surface area contributed by atoms with E-state index in [1.807, 2.05) is 20.2 Å². The van der Waals surface area contributed by atoms with Crippen molar-refractivity contribution in [2.24, 2.45) is 0 Å². The molecule has 2 rings (SSSR count). The van der Waals surface area contributed by atoms with Gasteiger partial charge >= 0.3 is 0 Å². The third-order valence-electron chi connectivity index (χ3n) is 3.36. The summed E-state index contributed by atoms with van der Waals surface area (Å²) in [5.74, 6) is 0.502. The summed E-state index contributed by atoms with van der Waals surface area (Å²) >= 11 is 0. The van der Waals surface area contributed by atoms with Gasteiger partial charge in [-0.15, -0.1) is 0 Å². The van der Waals surface area contributed by atoms with Crippen LogP contribution in [0.3, 0.4) is 0 Å². The van der Waals surface area contributed by atoms with Gasteiger partial charge in [0, 0.05) is 12.5 Å². The van der Waals surface area contributed by atoms with Gasteiger partial charge in [0.25, 0.3) is 0 Å². The lowest BCUT2D eigenvalue weighted by molar-refractivity contribution is -0.124. The summed E-state index contributed by atoms with van der Waals surface area (Å²) < 4.78 is 10.5. The van der Waals surface area contributed by atoms with Crippen LogP contribution in [-0.4, -0.2) is 48.0 Å². The Labute approximate surface area is 101 Å². The third kappa shape index (κ3) is 2.36. The fraction of sp³-hybridized carbons (Fsp3) is 0.750. The van der Waals surface area contributed by atoms with Gasteiger partial charge < -0.3 is 14.4 Å². The molecule has 0 unspecified atom stereocenters. The number of ether oxygens (including phenoxy) is 1.